The van der Waals surface area contributed by atoms with Gasteiger partial charge in [0.15, 0.2) is 0 Å². The van der Waals surface area contributed by atoms with E-state index in [9.17, 15) is 18.0 Å². The van der Waals surface area contributed by atoms with Crippen molar-refractivity contribution in [3.63, 3.8) is 0 Å². The summed E-state index contributed by atoms with van der Waals surface area (Å²) in [7, 11) is 0. The first kappa shape index (κ1) is 15.1. The lowest BCUT2D eigenvalue weighted by atomic mass is 10.1. The van der Waals surface area contributed by atoms with Gasteiger partial charge in [0.05, 0.1) is 26.0 Å². The molecule has 0 aliphatic carbocycles. The number of carbonyl (C=O) groups is 1. The highest BCUT2D eigenvalue weighted by Gasteiger charge is 2.36. The summed E-state index contributed by atoms with van der Waals surface area (Å²) in [5.41, 5.74) is -1.89. The second-order valence-corrected chi connectivity index (χ2v) is 5.44. The second kappa shape index (κ2) is 5.25. The molecule has 20 heavy (non-hydrogen) atoms. The molecule has 0 saturated heterocycles. The quantitative estimate of drug-likeness (QED) is 0.775. The van der Waals surface area contributed by atoms with Gasteiger partial charge >= 0.3 is 12.1 Å². The predicted octanol–water partition coefficient (Wildman–Crippen LogP) is 4.72. The van der Waals surface area contributed by atoms with Gasteiger partial charge in [-0.15, -0.1) is 0 Å². The first-order valence-corrected chi connectivity index (χ1v) is 6.78. The van der Waals surface area contributed by atoms with Gasteiger partial charge in [0.2, 0.25) is 0 Å². The van der Waals surface area contributed by atoms with Crippen molar-refractivity contribution in [3.05, 3.63) is 50.7 Å². The molecule has 0 atom stereocenters. The Morgan fingerprint density at radius 2 is 1.65 bits per heavy atom. The summed E-state index contributed by atoms with van der Waals surface area (Å²) in [6.07, 6.45) is -4.66. The number of benzene rings is 1. The zero-order chi connectivity index (χ0) is 15.1. The third-order valence-corrected chi connectivity index (χ3v) is 3.82. The maximum atomic E-state index is 13.1. The first-order chi connectivity index (χ1) is 9.23. The van der Waals surface area contributed by atoms with E-state index in [-0.39, 0.29) is 0 Å². The number of carboxylic acids is 1. The molecule has 1 aromatic carbocycles. The Hall–Kier alpha value is -1.28. The summed E-state index contributed by atoms with van der Waals surface area (Å²) >= 11 is 6.22. The van der Waals surface area contributed by atoms with Crippen LogP contribution in [0, 0.1) is 0 Å². The van der Waals surface area contributed by atoms with Crippen molar-refractivity contribution in [2.75, 3.05) is 0 Å². The number of hydrogen-bond acceptors (Lipinski definition) is 1. The van der Waals surface area contributed by atoms with Gasteiger partial charge in [-0.2, -0.15) is 13.2 Å². The zero-order valence-corrected chi connectivity index (χ0v) is 12.8. The molecule has 1 aromatic heterocycles. The average molecular weight is 413 g/mol. The van der Waals surface area contributed by atoms with Gasteiger partial charge in [-0.1, -0.05) is 6.07 Å². The fourth-order valence-electron chi connectivity index (χ4n) is 1.79. The molecule has 0 unspecified atom stereocenters. The topological polar surface area (TPSA) is 42.2 Å². The lowest BCUT2D eigenvalue weighted by Gasteiger charge is -2.17. The molecule has 2 aromatic rings. The number of hydrogen-bond donors (Lipinski definition) is 1. The monoisotopic (exact) mass is 411 g/mol. The molecule has 2 rings (SSSR count). The number of rotatable bonds is 2. The molecule has 106 valence electrons. The Morgan fingerprint density at radius 1 is 1.10 bits per heavy atom. The molecule has 0 radical (unpaired) electrons. The lowest BCUT2D eigenvalue weighted by molar-refractivity contribution is -0.137. The van der Waals surface area contributed by atoms with Crippen LogP contribution in [0.5, 0.6) is 0 Å². The molecule has 0 fully saturated rings. The highest BCUT2D eigenvalue weighted by Crippen LogP contribution is 2.38. The third-order valence-electron chi connectivity index (χ3n) is 2.58. The van der Waals surface area contributed by atoms with Crippen LogP contribution < -0.4 is 0 Å². The van der Waals surface area contributed by atoms with Crippen molar-refractivity contribution in [1.29, 1.82) is 0 Å². The van der Waals surface area contributed by atoms with Gasteiger partial charge in [0.25, 0.3) is 0 Å². The Balaban J connectivity index is 2.88. The van der Waals surface area contributed by atoms with E-state index in [1.165, 1.54) is 12.1 Å². The molecule has 0 spiro atoms. The molecule has 3 nitrogen and oxygen atoms in total. The van der Waals surface area contributed by atoms with Crippen LogP contribution in [0.1, 0.15) is 15.9 Å². The molecule has 0 bridgehead atoms. The normalized spacial score (nSPS) is 11.7. The van der Waals surface area contributed by atoms with Crippen LogP contribution in [-0.4, -0.2) is 15.6 Å². The van der Waals surface area contributed by atoms with E-state index >= 15 is 0 Å². The Labute approximate surface area is 128 Å². The van der Waals surface area contributed by atoms with Crippen molar-refractivity contribution in [1.82, 2.24) is 4.57 Å². The van der Waals surface area contributed by atoms with Crippen LogP contribution in [0.2, 0.25) is 0 Å². The molecular formula is C12H6Br2F3NO2. The Bertz CT molecular complexity index is 660. The molecular weight excluding hydrogens is 407 g/mol. The highest BCUT2D eigenvalue weighted by atomic mass is 79.9. The van der Waals surface area contributed by atoms with E-state index in [0.717, 1.165) is 22.8 Å². The molecule has 0 saturated carbocycles. The maximum absolute atomic E-state index is 13.1. The van der Waals surface area contributed by atoms with E-state index in [2.05, 4.69) is 31.9 Å². The van der Waals surface area contributed by atoms with Crippen molar-refractivity contribution in [2.24, 2.45) is 0 Å². The van der Waals surface area contributed by atoms with Gasteiger partial charge in [-0.05, 0) is 56.1 Å². The maximum Gasteiger partial charge on any atom is 0.418 e. The number of para-hydroxylation sites is 1. The molecule has 0 aliphatic heterocycles. The standard InChI is InChI=1S/C12H6Br2F3NO2/c13-8-4-5-9(14)18(8)10-6(11(19)20)2-1-3-7(10)12(15,16)17/h1-5H,(H,19,20). The first-order valence-electron chi connectivity index (χ1n) is 5.20. The molecule has 0 amide bonds. The number of aromatic nitrogens is 1. The zero-order valence-electron chi connectivity index (χ0n) is 9.58. The number of nitrogens with zero attached hydrogens (tertiary/aromatic N) is 1. The van der Waals surface area contributed by atoms with Crippen LogP contribution >= 0.6 is 31.9 Å². The van der Waals surface area contributed by atoms with E-state index in [4.69, 9.17) is 5.11 Å². The predicted molar refractivity (Wildman–Crippen MR) is 73.1 cm³/mol. The number of aromatic carboxylic acids is 1. The minimum atomic E-state index is -4.66. The van der Waals surface area contributed by atoms with Crippen LogP contribution in [0.3, 0.4) is 0 Å². The number of carboxylic acid groups (broad SMARTS) is 1. The second-order valence-electron chi connectivity index (χ2n) is 3.82. The van der Waals surface area contributed by atoms with E-state index in [1.54, 1.807) is 0 Å². The highest BCUT2D eigenvalue weighted by molar-refractivity contribution is 9.11. The minimum Gasteiger partial charge on any atom is -0.478 e. The summed E-state index contributed by atoms with van der Waals surface area (Å²) in [5, 5.41) is 9.13. The van der Waals surface area contributed by atoms with Crippen molar-refractivity contribution in [2.45, 2.75) is 6.18 Å². The average Bonchev–Trinajstić information content (AvgIpc) is 2.66. The van der Waals surface area contributed by atoms with Crippen LogP contribution in [0.25, 0.3) is 5.69 Å². The van der Waals surface area contributed by atoms with E-state index in [0.29, 0.717) is 9.21 Å². The van der Waals surface area contributed by atoms with Crippen LogP contribution in [0.4, 0.5) is 13.2 Å². The van der Waals surface area contributed by atoms with Gasteiger partial charge in [0.1, 0.15) is 0 Å². The van der Waals surface area contributed by atoms with Crippen molar-refractivity contribution >= 4 is 37.8 Å². The van der Waals surface area contributed by atoms with Crippen molar-refractivity contribution < 1.29 is 23.1 Å². The fraction of sp³-hybridized carbons (Fsp3) is 0.0833. The van der Waals surface area contributed by atoms with Gasteiger partial charge < -0.3 is 5.11 Å². The summed E-state index contributed by atoms with van der Waals surface area (Å²) in [6, 6.07) is 6.08. The summed E-state index contributed by atoms with van der Waals surface area (Å²) in [4.78, 5) is 11.2. The largest absolute Gasteiger partial charge is 0.478 e. The summed E-state index contributed by atoms with van der Waals surface area (Å²) in [5.74, 6) is -1.43. The van der Waals surface area contributed by atoms with Crippen LogP contribution in [-0.2, 0) is 6.18 Å². The molecule has 8 heteroatoms. The minimum absolute atomic E-state index is 0.309. The van der Waals surface area contributed by atoms with E-state index < -0.39 is 29.0 Å². The third kappa shape index (κ3) is 2.62. The molecule has 1 heterocycles. The Kier molecular flexibility index (Phi) is 3.97. The number of halogens is 5. The molecule has 1 N–H and O–H groups in total. The smallest absolute Gasteiger partial charge is 0.418 e. The lowest BCUT2D eigenvalue weighted by Crippen LogP contribution is -2.15. The fourth-order valence-corrected chi connectivity index (χ4v) is 3.03. The number of alkyl halides is 3. The van der Waals surface area contributed by atoms with Gasteiger partial charge in [-0.3, -0.25) is 4.57 Å². The van der Waals surface area contributed by atoms with E-state index in [1.807, 2.05) is 0 Å². The van der Waals surface area contributed by atoms with Crippen LogP contribution in [0.15, 0.2) is 39.5 Å². The van der Waals surface area contributed by atoms with Crippen molar-refractivity contribution in [3.8, 4) is 5.69 Å². The van der Waals surface area contributed by atoms with Gasteiger partial charge in [0, 0.05) is 0 Å². The summed E-state index contributed by atoms with van der Waals surface area (Å²) in [6.45, 7) is 0. The van der Waals surface area contributed by atoms with Gasteiger partial charge in [-0.25, -0.2) is 4.79 Å². The molecule has 0 aliphatic rings. The summed E-state index contributed by atoms with van der Waals surface area (Å²) < 4.78 is 41.1. The SMILES string of the molecule is O=C(O)c1cccc(C(F)(F)F)c1-n1c(Br)ccc1Br. The Morgan fingerprint density at radius 3 is 2.10 bits per heavy atom.